The Hall–Kier alpha value is -3.22. The maximum Gasteiger partial charge on any atom is 0.229 e. The highest BCUT2D eigenvalue weighted by Gasteiger charge is 2.36. The van der Waals surface area contributed by atoms with Crippen LogP contribution in [0.3, 0.4) is 0 Å². The number of amides is 2. The fourth-order valence-electron chi connectivity index (χ4n) is 3.23. The van der Waals surface area contributed by atoms with Gasteiger partial charge in [-0.1, -0.05) is 12.1 Å². The predicted octanol–water partition coefficient (Wildman–Crippen LogP) is 3.09. The summed E-state index contributed by atoms with van der Waals surface area (Å²) in [7, 11) is 3.09. The lowest BCUT2D eigenvalue weighted by Gasteiger charge is -2.20. The molecule has 0 aromatic heterocycles. The lowest BCUT2D eigenvalue weighted by atomic mass is 10.1. The van der Waals surface area contributed by atoms with Crippen molar-refractivity contribution in [3.63, 3.8) is 0 Å². The van der Waals surface area contributed by atoms with Crippen LogP contribution in [-0.4, -0.2) is 39.2 Å². The summed E-state index contributed by atoms with van der Waals surface area (Å²) in [5, 5.41) is 2.86. The molecule has 148 valence electrons. The minimum atomic E-state index is -0.449. The summed E-state index contributed by atoms with van der Waals surface area (Å²) in [5.41, 5.74) is 1.28. The van der Waals surface area contributed by atoms with Crippen LogP contribution in [-0.2, 0) is 9.59 Å². The fourth-order valence-corrected chi connectivity index (χ4v) is 3.23. The molecule has 7 nitrogen and oxygen atoms in total. The van der Waals surface area contributed by atoms with Gasteiger partial charge in [0.2, 0.25) is 11.8 Å². The number of hydrogen-bond donors (Lipinski definition) is 1. The average Bonchev–Trinajstić information content (AvgIpc) is 3.10. The second-order valence-corrected chi connectivity index (χ2v) is 6.37. The van der Waals surface area contributed by atoms with Crippen molar-refractivity contribution in [1.82, 2.24) is 0 Å². The zero-order valence-corrected chi connectivity index (χ0v) is 16.2. The number of ether oxygens (including phenoxy) is 3. The molecular weight excluding hydrogens is 360 g/mol. The van der Waals surface area contributed by atoms with E-state index < -0.39 is 5.92 Å². The van der Waals surface area contributed by atoms with Crippen LogP contribution >= 0.6 is 0 Å². The Bertz CT molecular complexity index is 868. The summed E-state index contributed by atoms with van der Waals surface area (Å²) < 4.78 is 16.1. The highest BCUT2D eigenvalue weighted by molar-refractivity contribution is 6.04. The third-order valence-corrected chi connectivity index (χ3v) is 4.60. The smallest absolute Gasteiger partial charge is 0.229 e. The highest BCUT2D eigenvalue weighted by Crippen LogP contribution is 2.34. The number of para-hydroxylation sites is 2. The molecule has 0 saturated carbocycles. The van der Waals surface area contributed by atoms with Gasteiger partial charge in [-0.25, -0.2) is 0 Å². The Morgan fingerprint density at radius 3 is 2.57 bits per heavy atom. The summed E-state index contributed by atoms with van der Waals surface area (Å²) in [6.45, 7) is 2.70. The number of hydrogen-bond acceptors (Lipinski definition) is 5. The van der Waals surface area contributed by atoms with E-state index in [-0.39, 0.29) is 18.2 Å². The second kappa shape index (κ2) is 8.65. The second-order valence-electron chi connectivity index (χ2n) is 6.37. The highest BCUT2D eigenvalue weighted by atomic mass is 16.5. The topological polar surface area (TPSA) is 77.1 Å². The van der Waals surface area contributed by atoms with Crippen LogP contribution in [0.15, 0.2) is 42.5 Å². The minimum absolute atomic E-state index is 0.0976. The van der Waals surface area contributed by atoms with Gasteiger partial charge in [0.1, 0.15) is 5.75 Å². The molecule has 2 aromatic rings. The van der Waals surface area contributed by atoms with Crippen LogP contribution in [0.1, 0.15) is 13.3 Å². The van der Waals surface area contributed by atoms with Gasteiger partial charge >= 0.3 is 0 Å². The first-order valence-electron chi connectivity index (χ1n) is 9.12. The number of carbonyl (C=O) groups is 2. The number of nitrogens with zero attached hydrogens (tertiary/aromatic N) is 1. The lowest BCUT2D eigenvalue weighted by molar-refractivity contribution is -0.122. The molecule has 0 radical (unpaired) electrons. The molecule has 0 bridgehead atoms. The van der Waals surface area contributed by atoms with Crippen molar-refractivity contribution in [3.8, 4) is 17.2 Å². The Balaban J connectivity index is 1.72. The third-order valence-electron chi connectivity index (χ3n) is 4.60. The van der Waals surface area contributed by atoms with Gasteiger partial charge in [0.15, 0.2) is 11.5 Å². The zero-order chi connectivity index (χ0) is 20.1. The first kappa shape index (κ1) is 19.5. The van der Waals surface area contributed by atoms with E-state index >= 15 is 0 Å². The van der Waals surface area contributed by atoms with Gasteiger partial charge < -0.3 is 24.4 Å². The van der Waals surface area contributed by atoms with E-state index in [1.54, 1.807) is 30.2 Å². The molecule has 1 aliphatic rings. The van der Waals surface area contributed by atoms with Crippen molar-refractivity contribution >= 4 is 23.2 Å². The molecule has 1 fully saturated rings. The molecule has 0 aliphatic carbocycles. The van der Waals surface area contributed by atoms with Gasteiger partial charge in [-0.2, -0.15) is 0 Å². The van der Waals surface area contributed by atoms with Crippen molar-refractivity contribution in [2.45, 2.75) is 13.3 Å². The first-order chi connectivity index (χ1) is 13.6. The predicted molar refractivity (Wildman–Crippen MR) is 106 cm³/mol. The maximum atomic E-state index is 12.7. The van der Waals surface area contributed by atoms with Crippen molar-refractivity contribution in [1.29, 1.82) is 0 Å². The summed E-state index contributed by atoms with van der Waals surface area (Å²) >= 11 is 0. The fraction of sp³-hybridized carbons (Fsp3) is 0.333. The normalized spacial score (nSPS) is 16.0. The number of methoxy groups -OCH3 is 2. The van der Waals surface area contributed by atoms with Crippen LogP contribution in [0.4, 0.5) is 11.4 Å². The molecule has 2 aromatic carbocycles. The van der Waals surface area contributed by atoms with Gasteiger partial charge in [-0.15, -0.1) is 0 Å². The first-order valence-corrected chi connectivity index (χ1v) is 9.12. The van der Waals surface area contributed by atoms with Gasteiger partial charge in [0, 0.05) is 24.7 Å². The molecule has 1 saturated heterocycles. The van der Waals surface area contributed by atoms with Crippen LogP contribution in [0.25, 0.3) is 0 Å². The lowest BCUT2D eigenvalue weighted by Crippen LogP contribution is -2.28. The van der Waals surface area contributed by atoms with Crippen LogP contribution in [0.5, 0.6) is 17.2 Å². The third kappa shape index (κ3) is 4.03. The van der Waals surface area contributed by atoms with E-state index in [1.807, 2.05) is 31.2 Å². The van der Waals surface area contributed by atoms with E-state index in [4.69, 9.17) is 14.2 Å². The summed E-state index contributed by atoms with van der Waals surface area (Å²) in [6, 6.07) is 12.5. The quantitative estimate of drug-likeness (QED) is 0.794. The van der Waals surface area contributed by atoms with E-state index in [0.29, 0.717) is 41.8 Å². The standard InChI is InChI=1S/C21H24N2O5/c1-4-28-17-8-6-5-7-16(17)23-13-14(11-20(23)24)21(25)22-15-9-10-18(26-2)19(12-15)27-3/h5-10,12,14H,4,11,13H2,1-3H3,(H,22,25)/t14-/m0/s1. The molecule has 0 spiro atoms. The van der Waals surface area contributed by atoms with Crippen LogP contribution < -0.4 is 24.4 Å². The Morgan fingerprint density at radius 1 is 1.11 bits per heavy atom. The van der Waals surface area contributed by atoms with E-state index in [0.717, 1.165) is 0 Å². The summed E-state index contributed by atoms with van der Waals surface area (Å²) in [4.78, 5) is 26.9. The monoisotopic (exact) mass is 384 g/mol. The molecule has 0 unspecified atom stereocenters. The number of benzene rings is 2. The van der Waals surface area contributed by atoms with Crippen molar-refractivity contribution < 1.29 is 23.8 Å². The Morgan fingerprint density at radius 2 is 1.86 bits per heavy atom. The van der Waals surface area contributed by atoms with Crippen molar-refractivity contribution in [2.75, 3.05) is 37.6 Å². The number of rotatable bonds is 7. The van der Waals surface area contributed by atoms with E-state index in [9.17, 15) is 9.59 Å². The molecule has 7 heteroatoms. The SMILES string of the molecule is CCOc1ccccc1N1C[C@@H](C(=O)Nc2ccc(OC)c(OC)c2)CC1=O. The number of anilines is 2. The van der Waals surface area contributed by atoms with E-state index in [1.165, 1.54) is 7.11 Å². The molecule has 1 N–H and O–H groups in total. The average molecular weight is 384 g/mol. The zero-order valence-electron chi connectivity index (χ0n) is 16.2. The van der Waals surface area contributed by atoms with Crippen LogP contribution in [0, 0.1) is 5.92 Å². The summed E-state index contributed by atoms with van der Waals surface area (Å²) in [5.74, 6) is 0.983. The van der Waals surface area contributed by atoms with E-state index in [2.05, 4.69) is 5.32 Å². The summed E-state index contributed by atoms with van der Waals surface area (Å²) in [6.07, 6.45) is 0.152. The molecule has 28 heavy (non-hydrogen) atoms. The molecular formula is C21H24N2O5. The van der Waals surface area contributed by atoms with Crippen molar-refractivity contribution in [3.05, 3.63) is 42.5 Å². The van der Waals surface area contributed by atoms with Gasteiger partial charge in [-0.05, 0) is 31.2 Å². The van der Waals surface area contributed by atoms with Gasteiger partial charge in [0.05, 0.1) is 32.4 Å². The molecule has 1 heterocycles. The van der Waals surface area contributed by atoms with Crippen LogP contribution in [0.2, 0.25) is 0 Å². The minimum Gasteiger partial charge on any atom is -0.493 e. The van der Waals surface area contributed by atoms with Crippen molar-refractivity contribution in [2.24, 2.45) is 5.92 Å². The maximum absolute atomic E-state index is 12.7. The van der Waals surface area contributed by atoms with Gasteiger partial charge in [0.25, 0.3) is 0 Å². The Labute approximate surface area is 164 Å². The van der Waals surface area contributed by atoms with Gasteiger partial charge in [-0.3, -0.25) is 9.59 Å². The molecule has 1 atom stereocenters. The number of carbonyl (C=O) groups excluding carboxylic acids is 2. The number of nitrogens with one attached hydrogen (secondary N) is 1. The molecule has 2 amide bonds. The Kier molecular flexibility index (Phi) is 6.03. The molecule has 3 rings (SSSR count). The molecule has 1 aliphatic heterocycles. The largest absolute Gasteiger partial charge is 0.493 e.